The minimum absolute atomic E-state index is 0.000874. The molecule has 3 N–H and O–H groups in total. The molecule has 0 aromatic carbocycles. The third-order valence-corrected chi connectivity index (χ3v) is 6.29. The predicted octanol–water partition coefficient (Wildman–Crippen LogP) is 2.10. The number of hydrogen-bond donors (Lipinski definition) is 2. The van der Waals surface area contributed by atoms with E-state index in [0.717, 1.165) is 0 Å². The quantitative estimate of drug-likeness (QED) is 0.671. The molecule has 0 spiro atoms. The van der Waals surface area contributed by atoms with Gasteiger partial charge in [-0.05, 0) is 13.8 Å². The molecule has 10 nitrogen and oxygen atoms in total. The molecule has 27 heavy (non-hydrogen) atoms. The fourth-order valence-electron chi connectivity index (χ4n) is 2.82. The third kappa shape index (κ3) is 4.30. The first-order valence-electron chi connectivity index (χ1n) is 8.90. The van der Waals surface area contributed by atoms with E-state index in [1.54, 1.807) is 24.7 Å². The highest BCUT2D eigenvalue weighted by Gasteiger charge is 2.42. The SMILES string of the molecule is CC(C)OC[C@H]1O[C@@H](n2cnc3c(N)ncnc32)CC1OP(=O)(O)C(C)C. The lowest BCUT2D eigenvalue weighted by molar-refractivity contribution is -0.0705. The fourth-order valence-corrected chi connectivity index (χ4v) is 3.67. The van der Waals surface area contributed by atoms with Gasteiger partial charge in [0.1, 0.15) is 24.2 Å². The smallest absolute Gasteiger partial charge is 0.330 e. The van der Waals surface area contributed by atoms with Crippen molar-refractivity contribution in [3.8, 4) is 0 Å². The van der Waals surface area contributed by atoms with E-state index in [9.17, 15) is 9.46 Å². The average molecular weight is 399 g/mol. The first-order chi connectivity index (χ1) is 12.7. The Bertz CT molecular complexity index is 842. The molecular weight excluding hydrogens is 373 g/mol. The molecule has 0 bridgehead atoms. The number of rotatable bonds is 7. The Balaban J connectivity index is 1.85. The van der Waals surface area contributed by atoms with Gasteiger partial charge in [0.05, 0.1) is 30.8 Å². The minimum Gasteiger partial charge on any atom is -0.382 e. The van der Waals surface area contributed by atoms with Crippen LogP contribution in [0.2, 0.25) is 0 Å². The highest BCUT2D eigenvalue weighted by Crippen LogP contribution is 2.51. The van der Waals surface area contributed by atoms with E-state index in [2.05, 4.69) is 15.0 Å². The summed E-state index contributed by atoms with van der Waals surface area (Å²) in [5.41, 5.74) is 6.35. The molecule has 1 aliphatic rings. The Labute approximate surface area is 157 Å². The van der Waals surface area contributed by atoms with Crippen molar-refractivity contribution in [2.24, 2.45) is 0 Å². The second kappa shape index (κ2) is 7.81. The van der Waals surface area contributed by atoms with Crippen LogP contribution in [0.15, 0.2) is 12.7 Å². The lowest BCUT2D eigenvalue weighted by Gasteiger charge is -2.24. The van der Waals surface area contributed by atoms with E-state index in [1.807, 2.05) is 13.8 Å². The van der Waals surface area contributed by atoms with Crippen molar-refractivity contribution in [2.75, 3.05) is 12.3 Å². The first kappa shape index (κ1) is 20.2. The summed E-state index contributed by atoms with van der Waals surface area (Å²) in [6.45, 7) is 7.38. The summed E-state index contributed by atoms with van der Waals surface area (Å²) in [4.78, 5) is 22.6. The Kier molecular flexibility index (Phi) is 5.83. The molecule has 1 aliphatic heterocycles. The van der Waals surface area contributed by atoms with Gasteiger partial charge in [0.15, 0.2) is 11.5 Å². The first-order valence-corrected chi connectivity index (χ1v) is 10.5. The lowest BCUT2D eigenvalue weighted by Crippen LogP contribution is -2.30. The second-order valence-corrected chi connectivity index (χ2v) is 9.50. The Morgan fingerprint density at radius 3 is 2.78 bits per heavy atom. The van der Waals surface area contributed by atoms with Crippen molar-refractivity contribution in [3.63, 3.8) is 0 Å². The molecule has 0 amide bonds. The zero-order valence-electron chi connectivity index (χ0n) is 15.8. The van der Waals surface area contributed by atoms with E-state index in [4.69, 9.17) is 19.7 Å². The van der Waals surface area contributed by atoms with Crippen LogP contribution in [0.4, 0.5) is 5.82 Å². The van der Waals surface area contributed by atoms with Crippen LogP contribution >= 0.6 is 7.60 Å². The number of fused-ring (bicyclic) bond motifs is 1. The number of nitrogen functional groups attached to an aromatic ring is 1. The van der Waals surface area contributed by atoms with E-state index < -0.39 is 31.7 Å². The second-order valence-electron chi connectivity index (χ2n) is 7.13. The summed E-state index contributed by atoms with van der Waals surface area (Å²) >= 11 is 0. The molecular formula is C16H26N5O5P. The van der Waals surface area contributed by atoms with E-state index in [-0.39, 0.29) is 18.5 Å². The van der Waals surface area contributed by atoms with Gasteiger partial charge in [0.25, 0.3) is 0 Å². The van der Waals surface area contributed by atoms with Gasteiger partial charge in [0.2, 0.25) is 0 Å². The van der Waals surface area contributed by atoms with Crippen LogP contribution in [0.3, 0.4) is 0 Å². The number of aromatic nitrogens is 4. The molecule has 11 heteroatoms. The highest BCUT2D eigenvalue weighted by molar-refractivity contribution is 7.53. The number of anilines is 1. The van der Waals surface area contributed by atoms with Crippen molar-refractivity contribution in [2.45, 2.75) is 64.3 Å². The van der Waals surface area contributed by atoms with Crippen LogP contribution in [-0.2, 0) is 18.6 Å². The van der Waals surface area contributed by atoms with E-state index in [1.165, 1.54) is 6.33 Å². The molecule has 150 valence electrons. The third-order valence-electron chi connectivity index (χ3n) is 4.41. The average Bonchev–Trinajstić information content (AvgIpc) is 3.17. The number of hydrogen-bond acceptors (Lipinski definition) is 8. The van der Waals surface area contributed by atoms with Gasteiger partial charge in [-0.15, -0.1) is 0 Å². The molecule has 2 aromatic rings. The van der Waals surface area contributed by atoms with Crippen LogP contribution in [0.1, 0.15) is 40.3 Å². The van der Waals surface area contributed by atoms with Crippen molar-refractivity contribution in [1.82, 2.24) is 19.5 Å². The number of nitrogens with two attached hydrogens (primary N) is 1. The predicted molar refractivity (Wildman–Crippen MR) is 99.2 cm³/mol. The van der Waals surface area contributed by atoms with Crippen LogP contribution in [0, 0.1) is 0 Å². The van der Waals surface area contributed by atoms with Gasteiger partial charge < -0.3 is 24.6 Å². The largest absolute Gasteiger partial charge is 0.382 e. The van der Waals surface area contributed by atoms with Crippen LogP contribution in [0.5, 0.6) is 0 Å². The number of ether oxygens (including phenoxy) is 2. The summed E-state index contributed by atoms with van der Waals surface area (Å²) in [5.74, 6) is 0.281. The monoisotopic (exact) mass is 399 g/mol. The number of nitrogens with zero attached hydrogens (tertiary/aromatic N) is 4. The van der Waals surface area contributed by atoms with Crippen molar-refractivity contribution in [3.05, 3.63) is 12.7 Å². The molecule has 0 radical (unpaired) electrons. The van der Waals surface area contributed by atoms with Crippen molar-refractivity contribution >= 4 is 24.6 Å². The van der Waals surface area contributed by atoms with Gasteiger partial charge >= 0.3 is 7.60 Å². The molecule has 2 unspecified atom stereocenters. The Morgan fingerprint density at radius 1 is 1.37 bits per heavy atom. The summed E-state index contributed by atoms with van der Waals surface area (Å²) < 4.78 is 31.4. The lowest BCUT2D eigenvalue weighted by atomic mass is 10.2. The maximum absolute atomic E-state index is 12.4. The molecule has 3 rings (SSSR count). The topological polar surface area (TPSA) is 135 Å². The fraction of sp³-hybridized carbons (Fsp3) is 0.688. The van der Waals surface area contributed by atoms with Crippen molar-refractivity contribution < 1.29 is 23.5 Å². The maximum atomic E-state index is 12.4. The standard InChI is InChI=1S/C16H26N5O5P/c1-9(2)24-6-12-11(26-27(22,23)10(3)4)5-13(25-12)21-8-20-14-15(17)18-7-19-16(14)21/h7-13H,5-6H2,1-4H3,(H,22,23)(H2,17,18,19)/t11?,12-,13-/m1/s1. The Hall–Kier alpha value is -1.58. The van der Waals surface area contributed by atoms with E-state index in [0.29, 0.717) is 17.6 Å². The van der Waals surface area contributed by atoms with Gasteiger partial charge in [-0.2, -0.15) is 0 Å². The van der Waals surface area contributed by atoms with Crippen LogP contribution < -0.4 is 5.73 Å². The van der Waals surface area contributed by atoms with Crippen molar-refractivity contribution in [1.29, 1.82) is 0 Å². The molecule has 1 saturated heterocycles. The summed E-state index contributed by atoms with van der Waals surface area (Å²) in [7, 11) is -3.76. The minimum atomic E-state index is -3.76. The molecule has 1 fully saturated rings. The Morgan fingerprint density at radius 2 is 2.11 bits per heavy atom. The molecule has 3 heterocycles. The molecule has 4 atom stereocenters. The van der Waals surface area contributed by atoms with Crippen LogP contribution in [-0.4, -0.2) is 55.0 Å². The zero-order chi connectivity index (χ0) is 19.8. The summed E-state index contributed by atoms with van der Waals surface area (Å²) in [6.07, 6.45) is 1.74. The highest BCUT2D eigenvalue weighted by atomic mass is 31.2. The van der Waals surface area contributed by atoms with Gasteiger partial charge in [-0.3, -0.25) is 9.13 Å². The summed E-state index contributed by atoms with van der Waals surface area (Å²) in [5, 5.41) is 0. The zero-order valence-corrected chi connectivity index (χ0v) is 16.7. The van der Waals surface area contributed by atoms with E-state index >= 15 is 0 Å². The summed E-state index contributed by atoms with van der Waals surface area (Å²) in [6, 6.07) is 0. The maximum Gasteiger partial charge on any atom is 0.330 e. The number of imidazole rings is 1. The molecule has 0 aliphatic carbocycles. The van der Waals surface area contributed by atoms with Gasteiger partial charge in [0, 0.05) is 6.42 Å². The van der Waals surface area contributed by atoms with Gasteiger partial charge in [-0.1, -0.05) is 13.8 Å². The molecule has 2 aromatic heterocycles. The normalized spacial score (nSPS) is 25.5. The van der Waals surface area contributed by atoms with Gasteiger partial charge in [-0.25, -0.2) is 15.0 Å². The molecule has 0 saturated carbocycles. The van der Waals surface area contributed by atoms with Crippen LogP contribution in [0.25, 0.3) is 11.2 Å².